The highest BCUT2D eigenvalue weighted by Gasteiger charge is 2.18. The molecule has 1 saturated heterocycles. The van der Waals surface area contributed by atoms with Gasteiger partial charge in [0.25, 0.3) is 5.91 Å². The average Bonchev–Trinajstić information content (AvgIpc) is 2.72. The molecule has 6 nitrogen and oxygen atoms in total. The predicted octanol–water partition coefficient (Wildman–Crippen LogP) is 2.44. The first-order valence-electron chi connectivity index (χ1n) is 8.93. The summed E-state index contributed by atoms with van der Waals surface area (Å²) in [6, 6.07) is 13.9. The molecule has 3 rings (SSSR count). The number of carbonyl (C=O) groups is 1. The number of nitrogens with one attached hydrogen (secondary N) is 1. The molecular weight excluding hydrogens is 472 g/mol. The second kappa shape index (κ2) is 10.3. The third-order valence-corrected chi connectivity index (χ3v) is 4.64. The van der Waals surface area contributed by atoms with Crippen molar-refractivity contribution in [3.05, 3.63) is 65.5 Å². The van der Waals surface area contributed by atoms with Crippen LogP contribution in [-0.2, 0) is 6.54 Å². The van der Waals surface area contributed by atoms with Crippen molar-refractivity contribution in [2.75, 3.05) is 38.1 Å². The summed E-state index contributed by atoms with van der Waals surface area (Å²) in [5.41, 5.74) is 8.71. The number of hydrogen-bond acceptors (Lipinski definition) is 3. The first kappa shape index (κ1) is 21.9. The number of nitrogens with two attached hydrogens (primary N) is 1. The van der Waals surface area contributed by atoms with Crippen molar-refractivity contribution in [2.45, 2.75) is 6.54 Å². The zero-order valence-electron chi connectivity index (χ0n) is 15.8. The molecule has 1 heterocycles. The van der Waals surface area contributed by atoms with Crippen LogP contribution in [0.15, 0.2) is 53.5 Å². The molecule has 0 aromatic heterocycles. The predicted molar refractivity (Wildman–Crippen MR) is 121 cm³/mol. The minimum atomic E-state index is -0.228. The van der Waals surface area contributed by atoms with Gasteiger partial charge in [-0.05, 0) is 42.0 Å². The van der Waals surface area contributed by atoms with Gasteiger partial charge in [-0.15, -0.1) is 24.0 Å². The fourth-order valence-corrected chi connectivity index (χ4v) is 3.07. The summed E-state index contributed by atoms with van der Waals surface area (Å²) in [5, 5.41) is 2.61. The van der Waals surface area contributed by atoms with Gasteiger partial charge in [0.2, 0.25) is 0 Å². The number of aliphatic imine (C=N–C) groups is 1. The van der Waals surface area contributed by atoms with Crippen LogP contribution in [0.5, 0.6) is 0 Å². The van der Waals surface area contributed by atoms with Gasteiger partial charge in [0.15, 0.2) is 5.96 Å². The molecule has 1 aliphatic heterocycles. The molecule has 8 heteroatoms. The smallest absolute Gasteiger partial charge is 0.251 e. The van der Waals surface area contributed by atoms with E-state index in [4.69, 9.17) is 5.73 Å². The molecule has 0 spiro atoms. The first-order chi connectivity index (χ1) is 13.1. The van der Waals surface area contributed by atoms with Crippen LogP contribution in [0.4, 0.5) is 10.1 Å². The van der Waals surface area contributed by atoms with Crippen molar-refractivity contribution < 1.29 is 9.18 Å². The van der Waals surface area contributed by atoms with E-state index in [1.54, 1.807) is 25.2 Å². The Labute approximate surface area is 181 Å². The summed E-state index contributed by atoms with van der Waals surface area (Å²) < 4.78 is 13.1. The largest absolute Gasteiger partial charge is 0.370 e. The first-order valence-corrected chi connectivity index (χ1v) is 8.93. The van der Waals surface area contributed by atoms with Crippen LogP contribution in [0, 0.1) is 5.82 Å². The normalized spacial score (nSPS) is 14.4. The van der Waals surface area contributed by atoms with E-state index in [0.717, 1.165) is 37.4 Å². The number of benzene rings is 2. The maximum atomic E-state index is 13.1. The monoisotopic (exact) mass is 497 g/mol. The van der Waals surface area contributed by atoms with Crippen LogP contribution in [0.1, 0.15) is 15.9 Å². The van der Waals surface area contributed by atoms with Crippen LogP contribution in [0.2, 0.25) is 0 Å². The van der Waals surface area contributed by atoms with Gasteiger partial charge in [0, 0.05) is 44.5 Å². The van der Waals surface area contributed by atoms with Gasteiger partial charge >= 0.3 is 0 Å². The zero-order valence-corrected chi connectivity index (χ0v) is 18.1. The highest BCUT2D eigenvalue weighted by molar-refractivity contribution is 14.0. The topological polar surface area (TPSA) is 74.0 Å². The van der Waals surface area contributed by atoms with Crippen LogP contribution in [0.3, 0.4) is 0 Å². The van der Waals surface area contributed by atoms with Crippen molar-refractivity contribution in [3.8, 4) is 0 Å². The van der Waals surface area contributed by atoms with Crippen LogP contribution in [0.25, 0.3) is 0 Å². The third kappa shape index (κ3) is 5.57. The van der Waals surface area contributed by atoms with Crippen molar-refractivity contribution in [1.29, 1.82) is 0 Å². The van der Waals surface area contributed by atoms with Crippen LogP contribution >= 0.6 is 24.0 Å². The van der Waals surface area contributed by atoms with E-state index in [0.29, 0.717) is 18.1 Å². The van der Waals surface area contributed by atoms with E-state index < -0.39 is 0 Å². The quantitative estimate of drug-likeness (QED) is 0.387. The third-order valence-electron chi connectivity index (χ3n) is 4.64. The molecule has 0 atom stereocenters. The molecule has 0 radical (unpaired) electrons. The molecule has 1 fully saturated rings. The summed E-state index contributed by atoms with van der Waals surface area (Å²) in [6.07, 6.45) is 0. The van der Waals surface area contributed by atoms with Gasteiger partial charge in [0.1, 0.15) is 5.82 Å². The minimum Gasteiger partial charge on any atom is -0.370 e. The maximum Gasteiger partial charge on any atom is 0.251 e. The molecule has 1 aliphatic rings. The number of hydrogen-bond donors (Lipinski definition) is 2. The fourth-order valence-electron chi connectivity index (χ4n) is 3.07. The van der Waals surface area contributed by atoms with Gasteiger partial charge in [-0.3, -0.25) is 4.79 Å². The molecule has 0 saturated carbocycles. The lowest BCUT2D eigenvalue weighted by molar-refractivity contribution is 0.0963. The lowest BCUT2D eigenvalue weighted by atomic mass is 10.1. The fraction of sp³-hybridized carbons (Fsp3) is 0.300. The SMILES string of the molecule is CNC(=O)c1cccc(CN=C(N)N2CCN(c3ccc(F)cc3)CC2)c1.I. The summed E-state index contributed by atoms with van der Waals surface area (Å²) >= 11 is 0. The van der Waals surface area contributed by atoms with E-state index in [1.165, 1.54) is 12.1 Å². The number of carbonyl (C=O) groups excluding carboxylic acids is 1. The number of nitrogens with zero attached hydrogens (tertiary/aromatic N) is 3. The van der Waals surface area contributed by atoms with Crippen molar-refractivity contribution >= 4 is 41.5 Å². The van der Waals surface area contributed by atoms with E-state index in [1.807, 2.05) is 23.1 Å². The average molecular weight is 497 g/mol. The molecule has 3 N–H and O–H groups in total. The standard InChI is InChI=1S/C20H24FN5O.HI/c1-23-19(27)16-4-2-3-15(13-16)14-24-20(22)26-11-9-25(10-12-26)18-7-5-17(21)6-8-18;/h2-8,13H,9-12,14H2,1H3,(H2,22,24)(H,23,27);1H. The van der Waals surface area contributed by atoms with Crippen LogP contribution in [-0.4, -0.2) is 50.0 Å². The molecule has 0 bridgehead atoms. The molecule has 1 amide bonds. The van der Waals surface area contributed by atoms with Gasteiger partial charge in [-0.2, -0.15) is 0 Å². The molecule has 0 aliphatic carbocycles. The Morgan fingerprint density at radius 2 is 1.82 bits per heavy atom. The molecule has 2 aromatic rings. The summed E-state index contributed by atoms with van der Waals surface area (Å²) in [7, 11) is 1.61. The van der Waals surface area contributed by atoms with Crippen molar-refractivity contribution in [1.82, 2.24) is 10.2 Å². The lowest BCUT2D eigenvalue weighted by Gasteiger charge is -2.36. The number of anilines is 1. The molecule has 150 valence electrons. The van der Waals surface area contributed by atoms with E-state index in [-0.39, 0.29) is 35.7 Å². The Kier molecular flexibility index (Phi) is 8.04. The minimum absolute atomic E-state index is 0. The van der Waals surface area contributed by atoms with E-state index in [9.17, 15) is 9.18 Å². The Hall–Kier alpha value is -2.36. The number of guanidine groups is 1. The van der Waals surface area contributed by atoms with E-state index >= 15 is 0 Å². The molecular formula is C20H25FIN5O. The summed E-state index contributed by atoms with van der Waals surface area (Å²) in [4.78, 5) is 20.4. The molecule has 0 unspecified atom stereocenters. The number of amides is 1. The number of halogens is 2. The second-order valence-corrected chi connectivity index (χ2v) is 6.40. The molecule has 28 heavy (non-hydrogen) atoms. The van der Waals surface area contributed by atoms with Gasteiger partial charge in [-0.1, -0.05) is 12.1 Å². The zero-order chi connectivity index (χ0) is 19.2. The number of piperazine rings is 1. The molecule has 2 aromatic carbocycles. The Balaban J connectivity index is 0.00000280. The van der Waals surface area contributed by atoms with Crippen LogP contribution < -0.4 is 16.0 Å². The maximum absolute atomic E-state index is 13.1. The summed E-state index contributed by atoms with van der Waals surface area (Å²) in [6.45, 7) is 3.53. The lowest BCUT2D eigenvalue weighted by Crippen LogP contribution is -2.51. The highest BCUT2D eigenvalue weighted by atomic mass is 127. The second-order valence-electron chi connectivity index (χ2n) is 6.40. The van der Waals surface area contributed by atoms with Crippen molar-refractivity contribution in [2.24, 2.45) is 10.7 Å². The van der Waals surface area contributed by atoms with Gasteiger partial charge in [0.05, 0.1) is 6.54 Å². The van der Waals surface area contributed by atoms with Gasteiger partial charge < -0.3 is 20.9 Å². The van der Waals surface area contributed by atoms with Gasteiger partial charge in [-0.25, -0.2) is 9.38 Å². The Bertz CT molecular complexity index is 820. The van der Waals surface area contributed by atoms with E-state index in [2.05, 4.69) is 15.2 Å². The Morgan fingerprint density at radius 1 is 1.14 bits per heavy atom. The highest BCUT2D eigenvalue weighted by Crippen LogP contribution is 2.17. The number of rotatable bonds is 4. The Morgan fingerprint density at radius 3 is 2.46 bits per heavy atom. The van der Waals surface area contributed by atoms with Crippen molar-refractivity contribution in [3.63, 3.8) is 0 Å². The summed E-state index contributed by atoms with van der Waals surface area (Å²) in [5.74, 6) is 0.152.